The van der Waals surface area contributed by atoms with E-state index in [4.69, 9.17) is 4.74 Å². The molecule has 0 spiro atoms. The average Bonchev–Trinajstić information content (AvgIpc) is 2.28. The van der Waals surface area contributed by atoms with Crippen LogP contribution in [0.5, 0.6) is 5.75 Å². The molecule has 1 aromatic rings. The third-order valence-corrected chi connectivity index (χ3v) is 2.71. The van der Waals surface area contributed by atoms with Crippen LogP contribution in [0.15, 0.2) is 6.33 Å². The molecular formula is C9H16N4O2S. The summed E-state index contributed by atoms with van der Waals surface area (Å²) < 4.78 is 16.1. The highest BCUT2D eigenvalue weighted by molar-refractivity contribution is 7.84. The summed E-state index contributed by atoms with van der Waals surface area (Å²) >= 11 is 0. The van der Waals surface area contributed by atoms with Gasteiger partial charge in [0, 0.05) is 36.4 Å². The Morgan fingerprint density at radius 2 is 2.12 bits per heavy atom. The molecule has 6 nitrogen and oxygen atoms in total. The number of hydrogen-bond donors (Lipinski definition) is 2. The minimum absolute atomic E-state index is 0.562. The van der Waals surface area contributed by atoms with Crippen molar-refractivity contribution in [2.75, 3.05) is 43.3 Å². The Morgan fingerprint density at radius 3 is 2.69 bits per heavy atom. The van der Waals surface area contributed by atoms with Crippen LogP contribution < -0.4 is 15.4 Å². The SMILES string of the molecule is CNc1ncnc(NCCS(C)=O)c1OC. The zero-order valence-electron chi connectivity index (χ0n) is 9.61. The highest BCUT2D eigenvalue weighted by atomic mass is 32.2. The van der Waals surface area contributed by atoms with Crippen LogP contribution in [-0.4, -0.2) is 46.9 Å². The Kier molecular flexibility index (Phi) is 4.97. The lowest BCUT2D eigenvalue weighted by molar-refractivity contribution is 0.415. The monoisotopic (exact) mass is 244 g/mol. The molecule has 2 N–H and O–H groups in total. The molecule has 1 aromatic heterocycles. The first-order valence-electron chi connectivity index (χ1n) is 4.79. The van der Waals surface area contributed by atoms with Gasteiger partial charge in [0.05, 0.1) is 7.11 Å². The van der Waals surface area contributed by atoms with Gasteiger partial charge in [0.1, 0.15) is 6.33 Å². The van der Waals surface area contributed by atoms with Gasteiger partial charge in [0.2, 0.25) is 5.75 Å². The number of methoxy groups -OCH3 is 1. The van der Waals surface area contributed by atoms with Gasteiger partial charge in [0.15, 0.2) is 11.6 Å². The molecule has 0 aliphatic rings. The second kappa shape index (κ2) is 6.26. The van der Waals surface area contributed by atoms with E-state index >= 15 is 0 Å². The lowest BCUT2D eigenvalue weighted by atomic mass is 10.4. The molecule has 0 bridgehead atoms. The number of aromatic nitrogens is 2. The fourth-order valence-corrected chi connectivity index (χ4v) is 1.57. The van der Waals surface area contributed by atoms with Gasteiger partial charge in [0.25, 0.3) is 0 Å². The van der Waals surface area contributed by atoms with Gasteiger partial charge >= 0.3 is 0 Å². The molecule has 7 heteroatoms. The van der Waals surface area contributed by atoms with Crippen molar-refractivity contribution in [1.82, 2.24) is 9.97 Å². The van der Waals surface area contributed by atoms with E-state index in [1.165, 1.54) is 6.33 Å². The summed E-state index contributed by atoms with van der Waals surface area (Å²) in [4.78, 5) is 8.09. The van der Waals surface area contributed by atoms with Crippen LogP contribution in [0.2, 0.25) is 0 Å². The van der Waals surface area contributed by atoms with Crippen LogP contribution in [0.3, 0.4) is 0 Å². The first-order chi connectivity index (χ1) is 7.69. The fourth-order valence-electron chi connectivity index (χ4n) is 1.18. The number of nitrogens with zero attached hydrogens (tertiary/aromatic N) is 2. The zero-order valence-corrected chi connectivity index (χ0v) is 10.4. The lowest BCUT2D eigenvalue weighted by Crippen LogP contribution is -2.12. The summed E-state index contributed by atoms with van der Waals surface area (Å²) in [5.41, 5.74) is 0. The molecule has 0 saturated heterocycles. The van der Waals surface area contributed by atoms with Gasteiger partial charge in [-0.15, -0.1) is 0 Å². The maximum Gasteiger partial charge on any atom is 0.204 e. The maximum absolute atomic E-state index is 10.9. The van der Waals surface area contributed by atoms with E-state index in [0.29, 0.717) is 29.7 Å². The van der Waals surface area contributed by atoms with Gasteiger partial charge < -0.3 is 15.4 Å². The van der Waals surface area contributed by atoms with Crippen molar-refractivity contribution in [1.29, 1.82) is 0 Å². The van der Waals surface area contributed by atoms with E-state index < -0.39 is 10.8 Å². The molecule has 0 aromatic carbocycles. The number of hydrogen-bond acceptors (Lipinski definition) is 6. The number of nitrogens with one attached hydrogen (secondary N) is 2. The summed E-state index contributed by atoms with van der Waals surface area (Å²) in [6.45, 7) is 0.583. The minimum atomic E-state index is -0.817. The quantitative estimate of drug-likeness (QED) is 0.750. The van der Waals surface area contributed by atoms with Crippen LogP contribution >= 0.6 is 0 Å². The molecular weight excluding hydrogens is 228 g/mol. The van der Waals surface area contributed by atoms with E-state index in [9.17, 15) is 4.21 Å². The van der Waals surface area contributed by atoms with E-state index in [-0.39, 0.29) is 0 Å². The highest BCUT2D eigenvalue weighted by Gasteiger charge is 2.10. The van der Waals surface area contributed by atoms with E-state index in [0.717, 1.165) is 0 Å². The molecule has 1 heterocycles. The van der Waals surface area contributed by atoms with Gasteiger partial charge in [-0.25, -0.2) is 9.97 Å². The number of rotatable bonds is 6. The van der Waals surface area contributed by atoms with Crippen molar-refractivity contribution in [3.63, 3.8) is 0 Å². The predicted molar refractivity (Wildman–Crippen MR) is 65.6 cm³/mol. The van der Waals surface area contributed by atoms with Crippen molar-refractivity contribution < 1.29 is 8.95 Å². The molecule has 0 saturated carbocycles. The first kappa shape index (κ1) is 12.7. The van der Waals surface area contributed by atoms with Gasteiger partial charge in [-0.1, -0.05) is 0 Å². The van der Waals surface area contributed by atoms with Gasteiger partial charge in [-0.3, -0.25) is 4.21 Å². The van der Waals surface area contributed by atoms with Crippen LogP contribution in [-0.2, 0) is 10.8 Å². The second-order valence-electron chi connectivity index (χ2n) is 3.06. The lowest BCUT2D eigenvalue weighted by Gasteiger charge is -2.12. The molecule has 1 atom stereocenters. The zero-order chi connectivity index (χ0) is 12.0. The van der Waals surface area contributed by atoms with Crippen LogP contribution in [0, 0.1) is 0 Å². The summed E-state index contributed by atoms with van der Waals surface area (Å²) in [6, 6.07) is 0. The van der Waals surface area contributed by atoms with Gasteiger partial charge in [-0.2, -0.15) is 0 Å². The third kappa shape index (κ3) is 3.34. The molecule has 0 radical (unpaired) electrons. The average molecular weight is 244 g/mol. The molecule has 16 heavy (non-hydrogen) atoms. The highest BCUT2D eigenvalue weighted by Crippen LogP contribution is 2.27. The van der Waals surface area contributed by atoms with Crippen LogP contribution in [0.4, 0.5) is 11.6 Å². The Bertz CT molecular complexity index is 373. The van der Waals surface area contributed by atoms with Crippen LogP contribution in [0.1, 0.15) is 0 Å². The molecule has 0 aliphatic heterocycles. The number of anilines is 2. The Labute approximate surface area is 97.3 Å². The van der Waals surface area contributed by atoms with E-state index in [1.54, 1.807) is 20.4 Å². The second-order valence-corrected chi connectivity index (χ2v) is 4.61. The van der Waals surface area contributed by atoms with Gasteiger partial charge in [-0.05, 0) is 0 Å². The maximum atomic E-state index is 10.9. The summed E-state index contributed by atoms with van der Waals surface area (Å²) in [6.07, 6.45) is 3.11. The summed E-state index contributed by atoms with van der Waals surface area (Å²) in [5.74, 6) is 2.36. The van der Waals surface area contributed by atoms with Crippen molar-refractivity contribution in [2.45, 2.75) is 0 Å². The molecule has 0 amide bonds. The Hall–Kier alpha value is -1.37. The summed E-state index contributed by atoms with van der Waals surface area (Å²) in [7, 11) is 2.50. The standard InChI is InChI=1S/C9H16N4O2S/c1-10-8-7(15-2)9(13-6-12-8)11-4-5-16(3)14/h6H,4-5H2,1-3H3,(H2,10,11,12,13). The smallest absolute Gasteiger partial charge is 0.204 e. The predicted octanol–water partition coefficient (Wildman–Crippen LogP) is 0.317. The summed E-state index contributed by atoms with van der Waals surface area (Å²) in [5, 5.41) is 5.97. The van der Waals surface area contributed by atoms with E-state index in [2.05, 4.69) is 20.6 Å². The molecule has 90 valence electrons. The van der Waals surface area contributed by atoms with Crippen molar-refractivity contribution >= 4 is 22.4 Å². The van der Waals surface area contributed by atoms with Crippen LogP contribution in [0.25, 0.3) is 0 Å². The normalized spacial score (nSPS) is 11.9. The first-order valence-corrected chi connectivity index (χ1v) is 6.52. The molecule has 1 rings (SSSR count). The van der Waals surface area contributed by atoms with Crippen molar-refractivity contribution in [3.05, 3.63) is 6.33 Å². The minimum Gasteiger partial charge on any atom is -0.490 e. The molecule has 1 unspecified atom stereocenters. The fraction of sp³-hybridized carbons (Fsp3) is 0.556. The topological polar surface area (TPSA) is 76.1 Å². The Morgan fingerprint density at radius 1 is 1.44 bits per heavy atom. The Balaban J connectivity index is 2.74. The van der Waals surface area contributed by atoms with Crippen molar-refractivity contribution in [2.24, 2.45) is 0 Å². The van der Waals surface area contributed by atoms with Crippen molar-refractivity contribution in [3.8, 4) is 5.75 Å². The molecule has 0 aliphatic carbocycles. The largest absolute Gasteiger partial charge is 0.490 e. The number of ether oxygens (including phenoxy) is 1. The van der Waals surface area contributed by atoms with E-state index in [1.807, 2.05) is 0 Å². The third-order valence-electron chi connectivity index (χ3n) is 1.93. The molecule has 0 fully saturated rings.